The highest BCUT2D eigenvalue weighted by atomic mass is 35.5. The van der Waals surface area contributed by atoms with Gasteiger partial charge in [0.1, 0.15) is 0 Å². The molecule has 0 aliphatic rings. The minimum atomic E-state index is -0.00110. The van der Waals surface area contributed by atoms with E-state index in [4.69, 9.17) is 25.8 Å². The molecule has 0 saturated heterocycles. The predicted octanol–water partition coefficient (Wildman–Crippen LogP) is 3.11. The molecule has 20 heavy (non-hydrogen) atoms. The second-order valence-electron chi connectivity index (χ2n) is 3.77. The standard InChI is InChI=1S/C13H14ClN3O3/c1-3-8-19-9-6-4-5-7-10(9)20-13-16-11(14)15-12(17-13)18-2/h4-7H,3,8H2,1-2H3. The van der Waals surface area contributed by atoms with Gasteiger partial charge in [-0.15, -0.1) is 4.98 Å². The Kier molecular flexibility index (Phi) is 4.95. The van der Waals surface area contributed by atoms with Gasteiger partial charge in [0.25, 0.3) is 0 Å². The molecule has 1 aromatic carbocycles. The number of rotatable bonds is 6. The molecule has 0 radical (unpaired) electrons. The molecule has 1 aromatic heterocycles. The van der Waals surface area contributed by atoms with Gasteiger partial charge >= 0.3 is 12.0 Å². The van der Waals surface area contributed by atoms with Crippen molar-refractivity contribution in [1.82, 2.24) is 15.0 Å². The fraction of sp³-hybridized carbons (Fsp3) is 0.308. The predicted molar refractivity (Wildman–Crippen MR) is 73.7 cm³/mol. The summed E-state index contributed by atoms with van der Waals surface area (Å²) in [6, 6.07) is 7.40. The average molecular weight is 296 g/mol. The van der Waals surface area contributed by atoms with Gasteiger partial charge in [-0.25, -0.2) is 0 Å². The molecule has 0 N–H and O–H groups in total. The molecule has 7 heteroatoms. The lowest BCUT2D eigenvalue weighted by Crippen LogP contribution is -2.01. The molecule has 1 heterocycles. The number of halogens is 1. The zero-order valence-electron chi connectivity index (χ0n) is 11.2. The quantitative estimate of drug-likeness (QED) is 0.816. The van der Waals surface area contributed by atoms with E-state index in [-0.39, 0.29) is 17.3 Å². The molecular formula is C13H14ClN3O3. The van der Waals surface area contributed by atoms with E-state index < -0.39 is 0 Å². The highest BCUT2D eigenvalue weighted by Crippen LogP contribution is 2.30. The Hall–Kier alpha value is -2.08. The van der Waals surface area contributed by atoms with Crippen molar-refractivity contribution >= 4 is 11.6 Å². The van der Waals surface area contributed by atoms with Gasteiger partial charge in [0.15, 0.2) is 11.5 Å². The average Bonchev–Trinajstić information content (AvgIpc) is 2.45. The number of benzene rings is 1. The molecule has 0 atom stereocenters. The van der Waals surface area contributed by atoms with Gasteiger partial charge in [0.05, 0.1) is 13.7 Å². The Bertz CT molecular complexity index is 581. The topological polar surface area (TPSA) is 66.4 Å². The van der Waals surface area contributed by atoms with Gasteiger partial charge in [-0.2, -0.15) is 9.97 Å². The lowest BCUT2D eigenvalue weighted by molar-refractivity contribution is 0.296. The highest BCUT2D eigenvalue weighted by Gasteiger charge is 2.10. The van der Waals surface area contributed by atoms with Gasteiger partial charge in [-0.05, 0) is 30.2 Å². The summed E-state index contributed by atoms with van der Waals surface area (Å²) in [6.45, 7) is 2.63. The van der Waals surface area contributed by atoms with Crippen LogP contribution in [0.25, 0.3) is 0 Å². The molecule has 0 saturated carbocycles. The lowest BCUT2D eigenvalue weighted by Gasteiger charge is -2.10. The van der Waals surface area contributed by atoms with Crippen LogP contribution in [-0.2, 0) is 0 Å². The Morgan fingerprint density at radius 2 is 1.75 bits per heavy atom. The van der Waals surface area contributed by atoms with E-state index in [0.29, 0.717) is 18.1 Å². The summed E-state index contributed by atoms with van der Waals surface area (Å²) in [5.41, 5.74) is 0. The Labute approximate surface area is 121 Å². The van der Waals surface area contributed by atoms with Crippen molar-refractivity contribution in [3.8, 4) is 23.5 Å². The molecule has 6 nitrogen and oxygen atoms in total. The number of hydrogen-bond acceptors (Lipinski definition) is 6. The summed E-state index contributed by atoms with van der Waals surface area (Å²) in [5, 5.41) is -0.00110. The first-order chi connectivity index (χ1) is 9.72. The van der Waals surface area contributed by atoms with Crippen LogP contribution in [0.2, 0.25) is 5.28 Å². The van der Waals surface area contributed by atoms with Gasteiger partial charge in [0, 0.05) is 0 Å². The lowest BCUT2D eigenvalue weighted by atomic mass is 10.3. The Morgan fingerprint density at radius 1 is 1.05 bits per heavy atom. The molecule has 2 rings (SSSR count). The third-order valence-corrected chi connectivity index (χ3v) is 2.43. The zero-order chi connectivity index (χ0) is 14.4. The first-order valence-electron chi connectivity index (χ1n) is 6.08. The normalized spacial score (nSPS) is 10.2. The molecule has 0 bridgehead atoms. The molecule has 0 unspecified atom stereocenters. The second-order valence-corrected chi connectivity index (χ2v) is 4.11. The summed E-state index contributed by atoms with van der Waals surface area (Å²) in [5.74, 6) is 1.12. The fourth-order valence-corrected chi connectivity index (χ4v) is 1.56. The number of para-hydroxylation sites is 2. The third-order valence-electron chi connectivity index (χ3n) is 2.26. The molecule has 0 fully saturated rings. The van der Waals surface area contributed by atoms with Crippen LogP contribution in [0, 0.1) is 0 Å². The Morgan fingerprint density at radius 3 is 2.45 bits per heavy atom. The van der Waals surface area contributed by atoms with Crippen molar-refractivity contribution in [3.05, 3.63) is 29.5 Å². The zero-order valence-corrected chi connectivity index (χ0v) is 11.9. The van der Waals surface area contributed by atoms with Crippen molar-refractivity contribution in [1.29, 1.82) is 0 Å². The molecule has 0 aliphatic heterocycles. The maximum absolute atomic E-state index is 5.76. The largest absolute Gasteiger partial charge is 0.490 e. The minimum absolute atomic E-state index is 0.00110. The van der Waals surface area contributed by atoms with Crippen molar-refractivity contribution in [2.75, 3.05) is 13.7 Å². The van der Waals surface area contributed by atoms with Gasteiger partial charge < -0.3 is 14.2 Å². The first kappa shape index (κ1) is 14.3. The SMILES string of the molecule is CCCOc1ccccc1Oc1nc(Cl)nc(OC)n1. The van der Waals surface area contributed by atoms with Crippen LogP contribution in [0.5, 0.6) is 23.5 Å². The van der Waals surface area contributed by atoms with Crippen LogP contribution in [0.15, 0.2) is 24.3 Å². The summed E-state index contributed by atoms with van der Waals surface area (Å²) < 4.78 is 16.1. The van der Waals surface area contributed by atoms with Crippen LogP contribution in [0.4, 0.5) is 0 Å². The molecule has 0 amide bonds. The highest BCUT2D eigenvalue weighted by molar-refractivity contribution is 6.28. The molecule has 0 spiro atoms. The number of hydrogen-bond donors (Lipinski definition) is 0. The van der Waals surface area contributed by atoms with Crippen LogP contribution in [0.3, 0.4) is 0 Å². The van der Waals surface area contributed by atoms with Gasteiger partial charge in [-0.3, -0.25) is 0 Å². The fourth-order valence-electron chi connectivity index (χ4n) is 1.42. The maximum Gasteiger partial charge on any atom is 0.329 e. The van der Waals surface area contributed by atoms with E-state index in [1.165, 1.54) is 7.11 Å². The van der Waals surface area contributed by atoms with Crippen LogP contribution in [0.1, 0.15) is 13.3 Å². The van der Waals surface area contributed by atoms with E-state index in [2.05, 4.69) is 15.0 Å². The van der Waals surface area contributed by atoms with E-state index in [1.54, 1.807) is 6.07 Å². The smallest absolute Gasteiger partial charge is 0.329 e. The van der Waals surface area contributed by atoms with E-state index in [0.717, 1.165) is 6.42 Å². The number of ether oxygens (including phenoxy) is 3. The van der Waals surface area contributed by atoms with E-state index in [9.17, 15) is 0 Å². The number of methoxy groups -OCH3 is 1. The van der Waals surface area contributed by atoms with Crippen LogP contribution >= 0.6 is 11.6 Å². The van der Waals surface area contributed by atoms with Crippen molar-refractivity contribution in [3.63, 3.8) is 0 Å². The molecule has 106 valence electrons. The summed E-state index contributed by atoms with van der Waals surface area (Å²) >= 11 is 5.76. The molecular weight excluding hydrogens is 282 g/mol. The number of nitrogens with zero attached hydrogens (tertiary/aromatic N) is 3. The first-order valence-corrected chi connectivity index (χ1v) is 6.46. The van der Waals surface area contributed by atoms with Crippen LogP contribution in [-0.4, -0.2) is 28.7 Å². The minimum Gasteiger partial charge on any atom is -0.490 e. The van der Waals surface area contributed by atoms with Crippen molar-refractivity contribution in [2.24, 2.45) is 0 Å². The maximum atomic E-state index is 5.76. The summed E-state index contributed by atoms with van der Waals surface area (Å²) in [4.78, 5) is 11.6. The number of aromatic nitrogens is 3. The summed E-state index contributed by atoms with van der Waals surface area (Å²) in [6.07, 6.45) is 0.903. The Balaban J connectivity index is 2.23. The second kappa shape index (κ2) is 6.91. The van der Waals surface area contributed by atoms with Gasteiger partial charge in [0.2, 0.25) is 5.28 Å². The monoisotopic (exact) mass is 295 g/mol. The third kappa shape index (κ3) is 3.71. The summed E-state index contributed by atoms with van der Waals surface area (Å²) in [7, 11) is 1.44. The van der Waals surface area contributed by atoms with E-state index in [1.807, 2.05) is 25.1 Å². The molecule has 2 aromatic rings. The van der Waals surface area contributed by atoms with E-state index >= 15 is 0 Å². The van der Waals surface area contributed by atoms with Crippen molar-refractivity contribution < 1.29 is 14.2 Å². The molecule has 0 aliphatic carbocycles. The van der Waals surface area contributed by atoms with Gasteiger partial charge in [-0.1, -0.05) is 19.1 Å². The van der Waals surface area contributed by atoms with Crippen LogP contribution < -0.4 is 14.2 Å². The van der Waals surface area contributed by atoms with Crippen molar-refractivity contribution in [2.45, 2.75) is 13.3 Å².